The van der Waals surface area contributed by atoms with Crippen LogP contribution < -0.4 is 21.7 Å². The molecule has 6 nitrogen and oxygen atoms in total. The molecule has 0 atom stereocenters. The Morgan fingerprint density at radius 3 is 1.20 bits per heavy atom. The summed E-state index contributed by atoms with van der Waals surface area (Å²) in [6.07, 6.45) is 1.19. The van der Waals surface area contributed by atoms with Gasteiger partial charge in [-0.05, 0) is 38.8 Å². The normalized spacial score (nSPS) is 8.13. The molecular formula is C8H16MnN2O4. The summed E-state index contributed by atoms with van der Waals surface area (Å²) in [4.78, 5) is 19.2. The molecule has 0 aromatic heterocycles. The van der Waals surface area contributed by atoms with Crippen LogP contribution in [0.5, 0.6) is 0 Å². The van der Waals surface area contributed by atoms with E-state index in [2.05, 4.69) is 0 Å². The molecule has 7 heteroatoms. The van der Waals surface area contributed by atoms with E-state index in [1.165, 1.54) is 0 Å². The Labute approximate surface area is 99.5 Å². The number of hydrogen-bond acceptors (Lipinski definition) is 6. The van der Waals surface area contributed by atoms with Crippen molar-refractivity contribution in [1.82, 2.24) is 0 Å². The van der Waals surface area contributed by atoms with Crippen LogP contribution in [0.4, 0.5) is 0 Å². The van der Waals surface area contributed by atoms with Gasteiger partial charge in [-0.25, -0.2) is 0 Å². The van der Waals surface area contributed by atoms with Gasteiger partial charge in [-0.1, -0.05) is 0 Å². The number of carboxylic acids is 2. The van der Waals surface area contributed by atoms with Gasteiger partial charge < -0.3 is 31.3 Å². The van der Waals surface area contributed by atoms with E-state index in [4.69, 9.17) is 11.5 Å². The van der Waals surface area contributed by atoms with Crippen molar-refractivity contribution in [2.45, 2.75) is 25.7 Å². The first kappa shape index (κ1) is 19.9. The van der Waals surface area contributed by atoms with E-state index in [9.17, 15) is 19.8 Å². The van der Waals surface area contributed by atoms with Gasteiger partial charge in [0, 0.05) is 11.9 Å². The smallest absolute Gasteiger partial charge is 0.550 e. The number of carboxylic acid groups (broad SMARTS) is 2. The van der Waals surface area contributed by atoms with Crippen molar-refractivity contribution in [2.24, 2.45) is 11.5 Å². The van der Waals surface area contributed by atoms with E-state index in [0.717, 1.165) is 0 Å². The largest absolute Gasteiger partial charge is 2.00 e. The third-order valence-electron chi connectivity index (χ3n) is 1.17. The van der Waals surface area contributed by atoms with E-state index >= 15 is 0 Å². The van der Waals surface area contributed by atoms with Crippen LogP contribution in [-0.4, -0.2) is 25.0 Å². The summed E-state index contributed by atoms with van der Waals surface area (Å²) in [6.45, 7) is 0.849. The zero-order valence-electron chi connectivity index (χ0n) is 8.41. The number of aliphatic carboxylic acids is 2. The molecular weight excluding hydrogens is 243 g/mol. The van der Waals surface area contributed by atoms with Crippen LogP contribution in [0.3, 0.4) is 0 Å². The van der Waals surface area contributed by atoms with Crippen LogP contribution in [0.15, 0.2) is 0 Å². The zero-order chi connectivity index (χ0) is 11.4. The average Bonchev–Trinajstić information content (AvgIpc) is 2.12. The van der Waals surface area contributed by atoms with Crippen LogP contribution in [0.1, 0.15) is 25.7 Å². The third kappa shape index (κ3) is 31.8. The molecule has 0 rings (SSSR count). The first-order chi connectivity index (χ1) is 6.54. The van der Waals surface area contributed by atoms with E-state index in [1.54, 1.807) is 0 Å². The molecule has 1 radical (unpaired) electrons. The maximum absolute atomic E-state index is 9.59. The summed E-state index contributed by atoms with van der Waals surface area (Å²) < 4.78 is 0. The second-order valence-corrected chi connectivity index (χ2v) is 2.53. The summed E-state index contributed by atoms with van der Waals surface area (Å²) in [5.74, 6) is -2.05. The van der Waals surface area contributed by atoms with Crippen molar-refractivity contribution in [3.05, 3.63) is 0 Å². The van der Waals surface area contributed by atoms with E-state index in [0.29, 0.717) is 25.9 Å². The Kier molecular flexibility index (Phi) is 21.0. The van der Waals surface area contributed by atoms with Crippen molar-refractivity contribution in [3.63, 3.8) is 0 Å². The summed E-state index contributed by atoms with van der Waals surface area (Å²) in [6, 6.07) is 0. The van der Waals surface area contributed by atoms with Gasteiger partial charge in [0.1, 0.15) is 0 Å². The molecule has 0 saturated carbocycles. The van der Waals surface area contributed by atoms with Gasteiger partial charge >= 0.3 is 17.1 Å². The third-order valence-corrected chi connectivity index (χ3v) is 1.17. The van der Waals surface area contributed by atoms with Crippen molar-refractivity contribution >= 4 is 11.9 Å². The molecule has 4 N–H and O–H groups in total. The number of nitrogens with two attached hydrogens (primary N) is 2. The van der Waals surface area contributed by atoms with Gasteiger partial charge in [-0.15, -0.1) is 0 Å². The molecule has 0 spiro atoms. The topological polar surface area (TPSA) is 132 Å². The van der Waals surface area contributed by atoms with E-state index in [1.807, 2.05) is 0 Å². The Morgan fingerprint density at radius 1 is 0.867 bits per heavy atom. The van der Waals surface area contributed by atoms with Gasteiger partial charge in [0.25, 0.3) is 0 Å². The molecule has 0 aliphatic heterocycles. The molecule has 0 aromatic carbocycles. The van der Waals surface area contributed by atoms with E-state index < -0.39 is 11.9 Å². The first-order valence-electron chi connectivity index (χ1n) is 4.34. The van der Waals surface area contributed by atoms with Gasteiger partial charge in [0.15, 0.2) is 0 Å². The Hall–Kier alpha value is -0.621. The average molecular weight is 259 g/mol. The molecule has 15 heavy (non-hydrogen) atoms. The SMILES string of the molecule is NCCCC(=O)[O-].NCCCC(=O)[O-].[Mn+2]. The summed E-state index contributed by atoms with van der Waals surface area (Å²) in [7, 11) is 0. The monoisotopic (exact) mass is 259 g/mol. The number of rotatable bonds is 6. The van der Waals surface area contributed by atoms with Crippen molar-refractivity contribution < 1.29 is 36.9 Å². The molecule has 0 heterocycles. The summed E-state index contributed by atoms with van der Waals surface area (Å²) in [5, 5.41) is 19.2. The summed E-state index contributed by atoms with van der Waals surface area (Å²) in [5.41, 5.74) is 9.97. The molecule has 0 unspecified atom stereocenters. The molecule has 0 bridgehead atoms. The van der Waals surface area contributed by atoms with Crippen molar-refractivity contribution in [2.75, 3.05) is 13.1 Å². The minimum atomic E-state index is -1.02. The van der Waals surface area contributed by atoms with Crippen LogP contribution in [0.25, 0.3) is 0 Å². The fourth-order valence-electron chi connectivity index (χ4n) is 0.493. The van der Waals surface area contributed by atoms with Crippen LogP contribution >= 0.6 is 0 Å². The van der Waals surface area contributed by atoms with Crippen LogP contribution in [0, 0.1) is 0 Å². The number of hydrogen-bond donors (Lipinski definition) is 2. The maximum atomic E-state index is 9.59. The van der Waals surface area contributed by atoms with Gasteiger partial charge in [0.05, 0.1) is 0 Å². The van der Waals surface area contributed by atoms with Crippen LogP contribution in [-0.2, 0) is 26.7 Å². The van der Waals surface area contributed by atoms with E-state index in [-0.39, 0.29) is 29.9 Å². The maximum Gasteiger partial charge on any atom is 2.00 e. The molecule has 0 aliphatic carbocycles. The molecule has 89 valence electrons. The standard InChI is InChI=1S/2C4H9NO2.Mn/c2*5-3-1-2-4(6)7;/h2*1-3,5H2,(H,6,7);/q;;+2/p-2. The first-order valence-corrected chi connectivity index (χ1v) is 4.34. The van der Waals surface area contributed by atoms with Crippen LogP contribution in [0.2, 0.25) is 0 Å². The predicted molar refractivity (Wildman–Crippen MR) is 46.6 cm³/mol. The second-order valence-electron chi connectivity index (χ2n) is 2.53. The van der Waals surface area contributed by atoms with Gasteiger partial charge in [-0.2, -0.15) is 0 Å². The Bertz CT molecular complexity index is 149. The minimum Gasteiger partial charge on any atom is -0.550 e. The van der Waals surface area contributed by atoms with Gasteiger partial charge in [0.2, 0.25) is 0 Å². The summed E-state index contributed by atoms with van der Waals surface area (Å²) >= 11 is 0. The number of carbonyl (C=O) groups excluding carboxylic acids is 2. The molecule has 0 saturated heterocycles. The zero-order valence-corrected chi connectivity index (χ0v) is 9.59. The van der Waals surface area contributed by atoms with Gasteiger partial charge in [-0.3, -0.25) is 0 Å². The molecule has 0 amide bonds. The predicted octanol–water partition coefficient (Wildman–Crippen LogP) is -3.05. The quantitative estimate of drug-likeness (QED) is 0.487. The molecule has 0 aliphatic rings. The minimum absolute atomic E-state index is 0. The fraction of sp³-hybridized carbons (Fsp3) is 0.750. The fourth-order valence-corrected chi connectivity index (χ4v) is 0.493. The molecule has 0 aromatic rings. The van der Waals surface area contributed by atoms with Crippen molar-refractivity contribution in [3.8, 4) is 0 Å². The Morgan fingerprint density at radius 2 is 1.13 bits per heavy atom. The second kappa shape index (κ2) is 15.8. The molecule has 0 fully saturated rings. The number of carbonyl (C=O) groups is 2. The Balaban J connectivity index is -0.000000180. The van der Waals surface area contributed by atoms with Crippen molar-refractivity contribution in [1.29, 1.82) is 0 Å².